The Bertz CT molecular complexity index is 222. The summed E-state index contributed by atoms with van der Waals surface area (Å²) >= 11 is 0. The first-order valence-corrected chi connectivity index (χ1v) is 3.76. The number of hydrogen-bond acceptors (Lipinski definition) is 0. The van der Waals surface area contributed by atoms with Gasteiger partial charge in [-0.2, -0.15) is 0 Å². The minimum Gasteiger partial charge on any atom is -0.0953 e. The maximum absolute atomic E-state index is 4.09. The Kier molecular flexibility index (Phi) is 0.493. The van der Waals surface area contributed by atoms with Gasteiger partial charge in [-0.25, -0.2) is 0 Å². The molecular weight excluding hydrogens is 108 g/mol. The average molecular weight is 118 g/mol. The van der Waals surface area contributed by atoms with Crippen molar-refractivity contribution in [2.24, 2.45) is 17.8 Å². The van der Waals surface area contributed by atoms with Crippen molar-refractivity contribution in [2.75, 3.05) is 0 Å². The van der Waals surface area contributed by atoms with Crippen LogP contribution in [0.2, 0.25) is 0 Å². The van der Waals surface area contributed by atoms with Gasteiger partial charge in [0.05, 0.1) is 0 Å². The normalized spacial score (nSPS) is 51.3. The van der Waals surface area contributed by atoms with Crippen molar-refractivity contribution in [1.29, 1.82) is 0 Å². The summed E-state index contributed by atoms with van der Waals surface area (Å²) in [5, 5.41) is 0. The highest BCUT2D eigenvalue weighted by atomic mass is 14.6. The quantitative estimate of drug-likeness (QED) is 0.457. The van der Waals surface area contributed by atoms with Crippen LogP contribution in [0.15, 0.2) is 23.8 Å². The molecule has 3 aliphatic carbocycles. The topological polar surface area (TPSA) is 0 Å². The zero-order valence-electron chi connectivity index (χ0n) is 5.43. The van der Waals surface area contributed by atoms with Gasteiger partial charge in [-0.05, 0) is 41.7 Å². The van der Waals surface area contributed by atoms with E-state index in [1.165, 1.54) is 18.4 Å². The van der Waals surface area contributed by atoms with E-state index in [2.05, 4.69) is 12.7 Å². The van der Waals surface area contributed by atoms with Crippen LogP contribution in [-0.2, 0) is 0 Å². The first kappa shape index (κ1) is 4.32. The van der Waals surface area contributed by atoms with Crippen LogP contribution in [0.3, 0.4) is 0 Å². The molecule has 46 valence electrons. The van der Waals surface area contributed by atoms with Crippen molar-refractivity contribution < 1.29 is 0 Å². The smallest absolute Gasteiger partial charge is 0.00702 e. The van der Waals surface area contributed by atoms with E-state index in [1.807, 2.05) is 0 Å². The molecule has 0 amide bonds. The standard InChI is InChI=1S/C9H10/c1-5-6-2-7-4-8(3-6)9(5)7/h2,7-9H,1,3-4H2. The predicted octanol–water partition coefficient (Wildman–Crippen LogP) is 2.14. The summed E-state index contributed by atoms with van der Waals surface area (Å²) in [5.41, 5.74) is 3.08. The highest BCUT2D eigenvalue weighted by Gasteiger charge is 2.51. The lowest BCUT2D eigenvalue weighted by Gasteiger charge is -2.38. The summed E-state index contributed by atoms with van der Waals surface area (Å²) in [4.78, 5) is 0. The van der Waals surface area contributed by atoms with E-state index in [9.17, 15) is 0 Å². The van der Waals surface area contributed by atoms with Crippen molar-refractivity contribution in [3.8, 4) is 0 Å². The van der Waals surface area contributed by atoms with E-state index in [4.69, 9.17) is 0 Å². The summed E-state index contributed by atoms with van der Waals surface area (Å²) in [7, 11) is 0. The van der Waals surface area contributed by atoms with Gasteiger partial charge in [0.2, 0.25) is 0 Å². The summed E-state index contributed by atoms with van der Waals surface area (Å²) in [5.74, 6) is 2.88. The predicted molar refractivity (Wildman–Crippen MR) is 36.9 cm³/mol. The van der Waals surface area contributed by atoms with E-state index in [1.54, 1.807) is 5.57 Å². The molecule has 0 radical (unpaired) electrons. The van der Waals surface area contributed by atoms with Gasteiger partial charge in [0.15, 0.2) is 0 Å². The Hall–Kier alpha value is -0.520. The first-order chi connectivity index (χ1) is 4.36. The molecule has 2 bridgehead atoms. The summed E-state index contributed by atoms with van der Waals surface area (Å²) < 4.78 is 0. The molecule has 0 N–H and O–H groups in total. The van der Waals surface area contributed by atoms with Crippen molar-refractivity contribution in [3.63, 3.8) is 0 Å². The molecule has 3 rings (SSSR count). The second-order valence-corrected chi connectivity index (χ2v) is 3.61. The van der Waals surface area contributed by atoms with Crippen molar-refractivity contribution in [3.05, 3.63) is 23.8 Å². The molecule has 0 heteroatoms. The second-order valence-electron chi connectivity index (χ2n) is 3.61. The molecule has 0 aliphatic heterocycles. The Morgan fingerprint density at radius 3 is 2.67 bits per heavy atom. The van der Waals surface area contributed by atoms with Gasteiger partial charge < -0.3 is 0 Å². The average Bonchev–Trinajstić information content (AvgIpc) is 2.19. The number of rotatable bonds is 0. The van der Waals surface area contributed by atoms with Crippen LogP contribution >= 0.6 is 0 Å². The minimum atomic E-state index is 0.917. The zero-order valence-corrected chi connectivity index (χ0v) is 5.43. The lowest BCUT2D eigenvalue weighted by molar-refractivity contribution is 0.167. The van der Waals surface area contributed by atoms with Crippen molar-refractivity contribution in [1.82, 2.24) is 0 Å². The van der Waals surface area contributed by atoms with Crippen LogP contribution in [0.25, 0.3) is 0 Å². The lowest BCUT2D eigenvalue weighted by Crippen LogP contribution is -2.31. The van der Waals surface area contributed by atoms with Crippen LogP contribution in [0.5, 0.6) is 0 Å². The Balaban J connectivity index is 2.23. The molecule has 0 spiro atoms. The molecule has 0 aromatic carbocycles. The fraction of sp³-hybridized carbons (Fsp3) is 0.556. The summed E-state index contributed by atoms with van der Waals surface area (Å²) in [6, 6.07) is 0. The number of allylic oxidation sites excluding steroid dienone is 3. The monoisotopic (exact) mass is 118 g/mol. The zero-order chi connectivity index (χ0) is 6.01. The van der Waals surface area contributed by atoms with Crippen LogP contribution in [0.4, 0.5) is 0 Å². The molecule has 9 heavy (non-hydrogen) atoms. The van der Waals surface area contributed by atoms with E-state index >= 15 is 0 Å². The Labute approximate surface area is 55.3 Å². The summed E-state index contributed by atoms with van der Waals surface area (Å²) in [6.45, 7) is 4.09. The van der Waals surface area contributed by atoms with Gasteiger partial charge in [0, 0.05) is 0 Å². The van der Waals surface area contributed by atoms with Crippen molar-refractivity contribution >= 4 is 0 Å². The molecule has 2 fully saturated rings. The number of hydrogen-bond donors (Lipinski definition) is 0. The van der Waals surface area contributed by atoms with Gasteiger partial charge in [-0.1, -0.05) is 12.7 Å². The van der Waals surface area contributed by atoms with Gasteiger partial charge in [0.25, 0.3) is 0 Å². The van der Waals surface area contributed by atoms with Gasteiger partial charge in [-0.15, -0.1) is 0 Å². The molecule has 0 heterocycles. The molecule has 0 aromatic rings. The van der Waals surface area contributed by atoms with Crippen LogP contribution in [-0.4, -0.2) is 0 Å². The van der Waals surface area contributed by atoms with Crippen molar-refractivity contribution in [2.45, 2.75) is 12.8 Å². The van der Waals surface area contributed by atoms with Crippen LogP contribution in [0.1, 0.15) is 12.8 Å². The van der Waals surface area contributed by atoms with E-state index in [0.717, 1.165) is 17.8 Å². The maximum Gasteiger partial charge on any atom is -0.00702 e. The highest BCUT2D eigenvalue weighted by molar-refractivity contribution is 5.47. The summed E-state index contributed by atoms with van der Waals surface area (Å²) in [6.07, 6.45) is 5.28. The fourth-order valence-corrected chi connectivity index (χ4v) is 2.78. The van der Waals surface area contributed by atoms with E-state index < -0.39 is 0 Å². The van der Waals surface area contributed by atoms with Gasteiger partial charge in [0.1, 0.15) is 0 Å². The van der Waals surface area contributed by atoms with Gasteiger partial charge in [-0.3, -0.25) is 0 Å². The van der Waals surface area contributed by atoms with E-state index in [-0.39, 0.29) is 0 Å². The maximum atomic E-state index is 4.09. The molecular formula is C9H10. The molecule has 3 atom stereocenters. The third-order valence-electron chi connectivity index (χ3n) is 3.26. The molecule has 3 aliphatic rings. The van der Waals surface area contributed by atoms with Gasteiger partial charge >= 0.3 is 0 Å². The second kappa shape index (κ2) is 1.03. The third-order valence-corrected chi connectivity index (χ3v) is 3.26. The molecule has 2 saturated carbocycles. The largest absolute Gasteiger partial charge is 0.0953 e. The lowest BCUT2D eigenvalue weighted by atomic mass is 9.66. The minimum absolute atomic E-state index is 0.917. The SMILES string of the molecule is C=C1C2=CC3CC(C2)C13. The molecule has 3 unspecified atom stereocenters. The van der Waals surface area contributed by atoms with E-state index in [0.29, 0.717) is 0 Å². The van der Waals surface area contributed by atoms with Crippen LogP contribution in [0, 0.1) is 17.8 Å². The van der Waals surface area contributed by atoms with Crippen LogP contribution < -0.4 is 0 Å². The Morgan fingerprint density at radius 1 is 1.56 bits per heavy atom. The number of fused-ring (bicyclic) bond motifs is 1. The Morgan fingerprint density at radius 2 is 2.44 bits per heavy atom. The third kappa shape index (κ3) is 0.297. The highest BCUT2D eigenvalue weighted by Crippen LogP contribution is 2.61. The molecule has 0 aromatic heterocycles. The fourth-order valence-electron chi connectivity index (χ4n) is 2.78. The molecule has 0 nitrogen and oxygen atoms in total. The first-order valence-electron chi connectivity index (χ1n) is 3.76. The molecule has 0 saturated heterocycles.